The second-order valence-corrected chi connectivity index (χ2v) is 15.5. The van der Waals surface area contributed by atoms with Crippen molar-refractivity contribution in [2.24, 2.45) is 0 Å². The van der Waals surface area contributed by atoms with E-state index < -0.39 is 8.32 Å². The molecule has 0 spiro atoms. The third-order valence-electron chi connectivity index (χ3n) is 6.24. The average Bonchev–Trinajstić information content (AvgIpc) is 3.02. The van der Waals surface area contributed by atoms with Crippen LogP contribution in [-0.4, -0.2) is 54.2 Å². The van der Waals surface area contributed by atoms with E-state index in [-0.39, 0.29) is 23.3 Å². The van der Waals surface area contributed by atoms with Crippen LogP contribution < -0.4 is 0 Å². The van der Waals surface area contributed by atoms with Crippen LogP contribution in [0.25, 0.3) is 11.0 Å². The number of halogens is 1. The molecule has 1 aromatic heterocycles. The van der Waals surface area contributed by atoms with Gasteiger partial charge in [0.15, 0.2) is 8.32 Å². The third kappa shape index (κ3) is 5.45. The molecule has 2 heterocycles. The van der Waals surface area contributed by atoms with Gasteiger partial charge in [0, 0.05) is 17.6 Å². The minimum absolute atomic E-state index is 0.0949. The summed E-state index contributed by atoms with van der Waals surface area (Å²) in [6.45, 7) is 15.1. The summed E-state index contributed by atoms with van der Waals surface area (Å²) in [6.07, 6.45) is 3.33. The average molecular weight is 497 g/mol. The van der Waals surface area contributed by atoms with Crippen LogP contribution in [0.4, 0.5) is 4.79 Å². The zero-order valence-electron chi connectivity index (χ0n) is 18.9. The molecule has 1 aromatic carbocycles. The first-order valence-electron chi connectivity index (χ1n) is 10.7. The highest BCUT2D eigenvalue weighted by Gasteiger charge is 2.40. The van der Waals surface area contributed by atoms with Gasteiger partial charge in [-0.3, -0.25) is 0 Å². The van der Waals surface area contributed by atoms with Gasteiger partial charge in [-0.2, -0.15) is 0 Å². The van der Waals surface area contributed by atoms with Gasteiger partial charge in [-0.05, 0) is 56.1 Å². The van der Waals surface area contributed by atoms with E-state index in [1.807, 2.05) is 29.7 Å². The smallest absolute Gasteiger partial charge is 0.410 e. The van der Waals surface area contributed by atoms with Crippen LogP contribution in [0.1, 0.15) is 40.5 Å². The van der Waals surface area contributed by atoms with Crippen molar-refractivity contribution >= 4 is 41.4 Å². The Bertz CT molecular complexity index is 893. The quantitative estimate of drug-likeness (QED) is 0.491. The summed E-state index contributed by atoms with van der Waals surface area (Å²) in [4.78, 5) is 19.0. The molecule has 1 fully saturated rings. The fourth-order valence-corrected chi connectivity index (χ4v) is 5.26. The fourth-order valence-electron chi connectivity index (χ4n) is 3.53. The zero-order chi connectivity index (χ0) is 22.1. The van der Waals surface area contributed by atoms with Crippen molar-refractivity contribution < 1.29 is 14.0 Å². The van der Waals surface area contributed by atoms with Gasteiger partial charge < -0.3 is 18.6 Å². The molecule has 1 aliphatic rings. The maximum absolute atomic E-state index is 12.8. The maximum Gasteiger partial charge on any atom is 0.410 e. The van der Waals surface area contributed by atoms with E-state index in [4.69, 9.17) is 9.16 Å². The lowest BCUT2D eigenvalue weighted by molar-refractivity contribution is 0.0325. The van der Waals surface area contributed by atoms with Crippen LogP contribution in [0.3, 0.4) is 0 Å². The predicted octanol–water partition coefficient (Wildman–Crippen LogP) is 5.81. The topological polar surface area (TPSA) is 56.6 Å². The van der Waals surface area contributed by atoms with E-state index in [1.54, 1.807) is 11.2 Å². The van der Waals surface area contributed by atoms with Crippen LogP contribution >= 0.6 is 15.9 Å². The van der Waals surface area contributed by atoms with Crippen LogP contribution in [0.15, 0.2) is 29.0 Å². The second-order valence-electron chi connectivity index (χ2n) is 9.81. The van der Waals surface area contributed by atoms with E-state index in [0.717, 1.165) is 34.9 Å². The first kappa shape index (κ1) is 23.3. The highest BCUT2D eigenvalue weighted by molar-refractivity contribution is 9.10. The van der Waals surface area contributed by atoms with Crippen molar-refractivity contribution in [1.29, 1.82) is 0 Å². The Labute approximate surface area is 189 Å². The van der Waals surface area contributed by atoms with Crippen LogP contribution in [0, 0.1) is 0 Å². The molecule has 2 aromatic rings. The fraction of sp³-hybridized carbons (Fsp3) is 0.636. The number of carbonyl (C=O) groups excluding carboxylic acids is 1. The summed E-state index contributed by atoms with van der Waals surface area (Å²) in [5.41, 5.74) is 1.95. The Kier molecular flexibility index (Phi) is 6.99. The molecule has 6 nitrogen and oxygen atoms in total. The molecule has 8 heteroatoms. The van der Waals surface area contributed by atoms with Gasteiger partial charge in [0.1, 0.15) is 6.10 Å². The number of hydrogen-bond donors (Lipinski definition) is 0. The number of hydrogen-bond acceptors (Lipinski definition) is 4. The molecule has 1 amide bonds. The minimum Gasteiger partial charge on any atom is -0.444 e. The number of likely N-dealkylation sites (tertiary alicyclic amines) is 1. The van der Waals surface area contributed by atoms with Crippen molar-refractivity contribution in [2.45, 2.75) is 77.4 Å². The first-order valence-corrected chi connectivity index (χ1v) is 14.4. The molecule has 30 heavy (non-hydrogen) atoms. The Hall–Kier alpha value is -1.38. The summed E-state index contributed by atoms with van der Waals surface area (Å²) in [5, 5.41) is 0.160. The largest absolute Gasteiger partial charge is 0.444 e. The number of nitrogens with zero attached hydrogens (tertiary/aromatic N) is 3. The molecule has 0 N–H and O–H groups in total. The third-order valence-corrected chi connectivity index (χ3v) is 11.3. The maximum atomic E-state index is 12.8. The number of ether oxygens (including phenoxy) is 1. The SMILES string of the molecule is C[C@H](Cn1cnc2ccc(Br)cc21)OC(=O)N1CCCC(O[Si](C)(C)C(C)(C)C)C1. The van der Waals surface area contributed by atoms with Gasteiger partial charge in [0.05, 0.1) is 30.0 Å². The Morgan fingerprint density at radius 2 is 2.10 bits per heavy atom. The molecule has 1 saturated heterocycles. The van der Waals surface area contributed by atoms with Crippen molar-refractivity contribution in [2.75, 3.05) is 13.1 Å². The highest BCUT2D eigenvalue weighted by Crippen LogP contribution is 2.38. The lowest BCUT2D eigenvalue weighted by Crippen LogP contribution is -2.50. The number of fused-ring (bicyclic) bond motifs is 1. The minimum atomic E-state index is -1.86. The molecule has 0 aliphatic carbocycles. The van der Waals surface area contributed by atoms with Gasteiger partial charge in [-0.25, -0.2) is 9.78 Å². The number of piperidine rings is 1. The summed E-state index contributed by atoms with van der Waals surface area (Å²) >= 11 is 3.51. The standard InChI is InChI=1S/C22H34BrN3O3Si/c1-16(13-26-15-24-19-10-9-17(23)12-20(19)26)28-21(27)25-11-7-8-18(14-25)29-30(5,6)22(2,3)4/h9-10,12,15-16,18H,7-8,11,13-14H2,1-6H3/t16-,18?/m1/s1. The van der Waals surface area contributed by atoms with Crippen molar-refractivity contribution in [1.82, 2.24) is 14.5 Å². The number of imidazole rings is 1. The van der Waals surface area contributed by atoms with Crippen LogP contribution in [0.2, 0.25) is 18.1 Å². The summed E-state index contributed by atoms with van der Waals surface area (Å²) < 4.78 is 15.3. The molecule has 0 bridgehead atoms. The van der Waals surface area contributed by atoms with Gasteiger partial charge in [-0.15, -0.1) is 0 Å². The summed E-state index contributed by atoms with van der Waals surface area (Å²) in [5.74, 6) is 0. The Morgan fingerprint density at radius 1 is 1.37 bits per heavy atom. The van der Waals surface area contributed by atoms with Crippen molar-refractivity contribution in [3.05, 3.63) is 29.0 Å². The van der Waals surface area contributed by atoms with Gasteiger partial charge >= 0.3 is 6.09 Å². The van der Waals surface area contributed by atoms with Gasteiger partial charge in [0.2, 0.25) is 0 Å². The number of rotatable bonds is 5. The van der Waals surface area contributed by atoms with Crippen LogP contribution in [-0.2, 0) is 15.7 Å². The van der Waals surface area contributed by atoms with Crippen molar-refractivity contribution in [3.8, 4) is 0 Å². The number of carbonyl (C=O) groups is 1. The number of amides is 1. The molecule has 0 radical (unpaired) electrons. The zero-order valence-corrected chi connectivity index (χ0v) is 21.5. The lowest BCUT2D eigenvalue weighted by Gasteiger charge is -2.42. The number of aromatic nitrogens is 2. The predicted molar refractivity (Wildman–Crippen MR) is 126 cm³/mol. The Balaban J connectivity index is 1.57. The molecular formula is C22H34BrN3O3Si. The van der Waals surface area contributed by atoms with E-state index in [2.05, 4.69) is 54.8 Å². The lowest BCUT2D eigenvalue weighted by atomic mass is 10.1. The van der Waals surface area contributed by atoms with E-state index >= 15 is 0 Å². The van der Waals surface area contributed by atoms with Gasteiger partial charge in [0.25, 0.3) is 0 Å². The molecule has 0 saturated carbocycles. The molecule has 166 valence electrons. The summed E-state index contributed by atoms with van der Waals surface area (Å²) in [6, 6.07) is 5.98. The molecule has 1 aliphatic heterocycles. The van der Waals surface area contributed by atoms with Gasteiger partial charge in [-0.1, -0.05) is 36.7 Å². The molecule has 2 atom stereocenters. The monoisotopic (exact) mass is 495 g/mol. The van der Waals surface area contributed by atoms with E-state index in [9.17, 15) is 4.79 Å². The first-order chi connectivity index (χ1) is 14.0. The van der Waals surface area contributed by atoms with E-state index in [1.165, 1.54) is 0 Å². The Morgan fingerprint density at radius 3 is 2.80 bits per heavy atom. The highest BCUT2D eigenvalue weighted by atomic mass is 79.9. The van der Waals surface area contributed by atoms with E-state index in [0.29, 0.717) is 13.1 Å². The second kappa shape index (κ2) is 9.00. The normalized spacial score (nSPS) is 19.2. The molecule has 3 rings (SSSR count). The number of benzene rings is 1. The summed E-state index contributed by atoms with van der Waals surface area (Å²) in [7, 11) is -1.86. The molecular weight excluding hydrogens is 462 g/mol. The molecule has 1 unspecified atom stereocenters. The van der Waals surface area contributed by atoms with Crippen molar-refractivity contribution in [3.63, 3.8) is 0 Å². The van der Waals surface area contributed by atoms with Crippen LogP contribution in [0.5, 0.6) is 0 Å².